The first-order valence-corrected chi connectivity index (χ1v) is 9.21. The first kappa shape index (κ1) is 17.4. The molecule has 3 atom stereocenters. The highest BCUT2D eigenvalue weighted by atomic mass is 35.5. The van der Waals surface area contributed by atoms with Crippen molar-refractivity contribution in [3.05, 3.63) is 57.4 Å². The van der Waals surface area contributed by atoms with Gasteiger partial charge in [-0.15, -0.1) is 0 Å². The number of aromatic nitrogens is 1. The zero-order chi connectivity index (χ0) is 18.4. The van der Waals surface area contributed by atoms with Gasteiger partial charge in [-0.25, -0.2) is 0 Å². The SMILES string of the molecule is CN(C)C(=O)[C@H]1[C@H]2C[C@H](CN(Cc3ccc(Cl)o3)C2)c2cccc(=O)n21. The minimum Gasteiger partial charge on any atom is -0.448 e. The molecule has 0 unspecified atom stereocenters. The fourth-order valence-corrected chi connectivity index (χ4v) is 4.56. The third kappa shape index (κ3) is 2.97. The molecular formula is C19H22ClN3O3. The van der Waals surface area contributed by atoms with Crippen LogP contribution in [-0.4, -0.2) is 47.5 Å². The second-order valence-electron chi connectivity index (χ2n) is 7.43. The van der Waals surface area contributed by atoms with E-state index in [4.69, 9.17) is 16.0 Å². The number of pyridine rings is 1. The van der Waals surface area contributed by atoms with Crippen LogP contribution in [-0.2, 0) is 11.3 Å². The zero-order valence-electron chi connectivity index (χ0n) is 14.9. The minimum atomic E-state index is -0.451. The topological polar surface area (TPSA) is 58.7 Å². The van der Waals surface area contributed by atoms with Crippen LogP contribution < -0.4 is 5.56 Å². The van der Waals surface area contributed by atoms with E-state index in [0.717, 1.165) is 31.0 Å². The van der Waals surface area contributed by atoms with Crippen LogP contribution in [0.25, 0.3) is 0 Å². The number of piperidine rings is 1. The molecule has 0 radical (unpaired) electrons. The Kier molecular flexibility index (Phi) is 4.40. The first-order chi connectivity index (χ1) is 12.4. The van der Waals surface area contributed by atoms with E-state index in [1.807, 2.05) is 12.1 Å². The van der Waals surface area contributed by atoms with Crippen molar-refractivity contribution in [2.45, 2.75) is 24.9 Å². The molecule has 2 aliphatic heterocycles. The van der Waals surface area contributed by atoms with Crippen molar-refractivity contribution in [2.75, 3.05) is 27.2 Å². The fraction of sp³-hybridized carbons (Fsp3) is 0.474. The van der Waals surface area contributed by atoms with E-state index in [0.29, 0.717) is 11.8 Å². The number of hydrogen-bond donors (Lipinski definition) is 0. The monoisotopic (exact) mass is 375 g/mol. The average Bonchev–Trinajstić information content (AvgIpc) is 3.00. The molecule has 0 N–H and O–H groups in total. The number of hydrogen-bond acceptors (Lipinski definition) is 4. The van der Waals surface area contributed by atoms with Gasteiger partial charge >= 0.3 is 0 Å². The van der Waals surface area contributed by atoms with Gasteiger partial charge in [0, 0.05) is 50.8 Å². The highest BCUT2D eigenvalue weighted by molar-refractivity contribution is 6.28. The van der Waals surface area contributed by atoms with Crippen LogP contribution >= 0.6 is 11.6 Å². The highest BCUT2D eigenvalue weighted by Gasteiger charge is 2.44. The Hall–Kier alpha value is -2.05. The number of carbonyl (C=O) groups is 1. The summed E-state index contributed by atoms with van der Waals surface area (Å²) in [6.07, 6.45) is 0.920. The molecule has 1 saturated heterocycles. The summed E-state index contributed by atoms with van der Waals surface area (Å²) < 4.78 is 7.23. The van der Waals surface area contributed by atoms with E-state index in [9.17, 15) is 9.59 Å². The lowest BCUT2D eigenvalue weighted by Crippen LogP contribution is -2.52. The lowest BCUT2D eigenvalue weighted by Gasteiger charge is -2.46. The normalized spacial score (nSPS) is 25.0. The lowest BCUT2D eigenvalue weighted by atomic mass is 9.78. The van der Waals surface area contributed by atoms with Crippen molar-refractivity contribution in [3.63, 3.8) is 0 Å². The molecule has 26 heavy (non-hydrogen) atoms. The Morgan fingerprint density at radius 1 is 1.27 bits per heavy atom. The van der Waals surface area contributed by atoms with Gasteiger partial charge in [0.2, 0.25) is 5.91 Å². The van der Waals surface area contributed by atoms with Crippen molar-refractivity contribution in [1.29, 1.82) is 0 Å². The third-order valence-electron chi connectivity index (χ3n) is 5.43. The number of likely N-dealkylation sites (N-methyl/N-ethyl adjacent to an activating group) is 1. The largest absolute Gasteiger partial charge is 0.448 e. The fourth-order valence-electron chi connectivity index (χ4n) is 4.40. The number of likely N-dealkylation sites (tertiary alicyclic amines) is 1. The Morgan fingerprint density at radius 3 is 2.77 bits per heavy atom. The Morgan fingerprint density at radius 2 is 2.08 bits per heavy atom. The van der Waals surface area contributed by atoms with Crippen LogP contribution in [0.5, 0.6) is 0 Å². The molecule has 7 heteroatoms. The van der Waals surface area contributed by atoms with Crippen molar-refractivity contribution in [3.8, 4) is 0 Å². The van der Waals surface area contributed by atoms with Crippen LogP contribution in [0.1, 0.15) is 29.8 Å². The number of amides is 1. The Bertz CT molecular complexity index is 888. The summed E-state index contributed by atoms with van der Waals surface area (Å²) in [6.45, 7) is 2.24. The maximum atomic E-state index is 12.9. The summed E-state index contributed by atoms with van der Waals surface area (Å²) in [5.41, 5.74) is 0.861. The second kappa shape index (κ2) is 6.59. The predicted molar refractivity (Wildman–Crippen MR) is 98.3 cm³/mol. The van der Waals surface area contributed by atoms with Gasteiger partial charge < -0.3 is 9.32 Å². The van der Waals surface area contributed by atoms with Crippen LogP contribution in [0.2, 0.25) is 5.22 Å². The van der Waals surface area contributed by atoms with Gasteiger partial charge in [-0.3, -0.25) is 19.1 Å². The van der Waals surface area contributed by atoms with Crippen LogP contribution in [0.15, 0.2) is 39.5 Å². The van der Waals surface area contributed by atoms with E-state index < -0.39 is 6.04 Å². The van der Waals surface area contributed by atoms with E-state index in [1.165, 1.54) is 0 Å². The average molecular weight is 376 g/mol. The Balaban J connectivity index is 1.70. The summed E-state index contributed by atoms with van der Waals surface area (Å²) >= 11 is 5.88. The van der Waals surface area contributed by atoms with Gasteiger partial charge in [-0.05, 0) is 36.2 Å². The van der Waals surface area contributed by atoms with Crippen molar-refractivity contribution >= 4 is 17.5 Å². The first-order valence-electron chi connectivity index (χ1n) is 8.83. The van der Waals surface area contributed by atoms with Crippen molar-refractivity contribution < 1.29 is 9.21 Å². The van der Waals surface area contributed by atoms with Crippen LogP contribution in [0.4, 0.5) is 0 Å². The third-order valence-corrected chi connectivity index (χ3v) is 5.63. The van der Waals surface area contributed by atoms with E-state index in [2.05, 4.69) is 4.90 Å². The number of nitrogens with zero attached hydrogens (tertiary/aromatic N) is 3. The van der Waals surface area contributed by atoms with Gasteiger partial charge in [-0.2, -0.15) is 0 Å². The van der Waals surface area contributed by atoms with E-state index in [-0.39, 0.29) is 23.3 Å². The molecule has 6 nitrogen and oxygen atoms in total. The summed E-state index contributed by atoms with van der Waals surface area (Å²) in [7, 11) is 3.49. The number of carbonyl (C=O) groups excluding carboxylic acids is 1. The highest BCUT2D eigenvalue weighted by Crippen LogP contribution is 2.42. The molecule has 4 heterocycles. The maximum absolute atomic E-state index is 12.9. The van der Waals surface area contributed by atoms with Gasteiger partial charge in [0.25, 0.3) is 5.56 Å². The Labute approximate surface area is 156 Å². The molecule has 1 amide bonds. The molecule has 0 aliphatic carbocycles. The number of rotatable bonds is 3. The van der Waals surface area contributed by atoms with Gasteiger partial charge in [0.05, 0.1) is 6.54 Å². The summed E-state index contributed by atoms with van der Waals surface area (Å²) in [5, 5.41) is 0.384. The number of fused-ring (bicyclic) bond motifs is 4. The summed E-state index contributed by atoms with van der Waals surface area (Å²) in [6, 6.07) is 8.49. The molecule has 0 spiro atoms. The quantitative estimate of drug-likeness (QED) is 0.826. The van der Waals surface area contributed by atoms with E-state index in [1.54, 1.807) is 41.8 Å². The van der Waals surface area contributed by atoms with Gasteiger partial charge in [0.15, 0.2) is 5.22 Å². The van der Waals surface area contributed by atoms with Crippen LogP contribution in [0.3, 0.4) is 0 Å². The molecule has 1 fully saturated rings. The van der Waals surface area contributed by atoms with Gasteiger partial charge in [-0.1, -0.05) is 6.07 Å². The minimum absolute atomic E-state index is 0.0223. The zero-order valence-corrected chi connectivity index (χ0v) is 15.6. The number of halogens is 1. The molecule has 4 rings (SSSR count). The molecule has 2 aromatic rings. The summed E-state index contributed by atoms with van der Waals surface area (Å²) in [4.78, 5) is 29.3. The predicted octanol–water partition coefficient (Wildman–Crippen LogP) is 2.34. The smallest absolute Gasteiger partial charge is 0.251 e. The maximum Gasteiger partial charge on any atom is 0.251 e. The number of furan rings is 1. The molecule has 2 aromatic heterocycles. The molecule has 2 bridgehead atoms. The summed E-state index contributed by atoms with van der Waals surface area (Å²) in [5.74, 6) is 1.13. The molecule has 0 saturated carbocycles. The van der Waals surface area contributed by atoms with Crippen molar-refractivity contribution in [1.82, 2.24) is 14.4 Å². The van der Waals surface area contributed by atoms with Crippen molar-refractivity contribution in [2.24, 2.45) is 5.92 Å². The molecular weight excluding hydrogens is 354 g/mol. The molecule has 0 aromatic carbocycles. The standard InChI is InChI=1S/C19H22ClN3O3/c1-21(2)19(25)18-13-8-12(15-4-3-5-17(24)23(15)18)9-22(10-13)11-14-6-7-16(20)26-14/h3-7,12-13,18H,8-11H2,1-2H3/t12-,13+,18-/m1/s1. The second-order valence-corrected chi connectivity index (χ2v) is 7.80. The van der Waals surface area contributed by atoms with E-state index >= 15 is 0 Å². The molecule has 2 aliphatic rings. The molecule has 138 valence electrons. The lowest BCUT2D eigenvalue weighted by molar-refractivity contribution is -0.135. The van der Waals surface area contributed by atoms with Crippen LogP contribution in [0, 0.1) is 5.92 Å². The van der Waals surface area contributed by atoms with Gasteiger partial charge in [0.1, 0.15) is 11.8 Å².